The average molecular weight is 365 g/mol. The summed E-state index contributed by atoms with van der Waals surface area (Å²) >= 11 is 6.09. The van der Waals surface area contributed by atoms with E-state index in [1.165, 1.54) is 4.68 Å². The van der Waals surface area contributed by atoms with Gasteiger partial charge in [-0.1, -0.05) is 35.4 Å². The number of benzene rings is 2. The van der Waals surface area contributed by atoms with E-state index in [1.54, 1.807) is 29.1 Å². The van der Waals surface area contributed by atoms with Crippen LogP contribution in [0.5, 0.6) is 0 Å². The van der Waals surface area contributed by atoms with E-state index in [9.17, 15) is 4.79 Å². The fourth-order valence-corrected chi connectivity index (χ4v) is 3.36. The molecule has 0 amide bonds. The molecule has 0 saturated carbocycles. The summed E-state index contributed by atoms with van der Waals surface area (Å²) in [6.45, 7) is 5.93. The Hall–Kier alpha value is -2.92. The van der Waals surface area contributed by atoms with Crippen LogP contribution in [0.15, 0.2) is 53.5 Å². The molecule has 0 atom stereocenters. The van der Waals surface area contributed by atoms with Crippen LogP contribution in [0.3, 0.4) is 0 Å². The molecule has 130 valence electrons. The highest BCUT2D eigenvalue weighted by Gasteiger charge is 2.17. The van der Waals surface area contributed by atoms with E-state index in [1.807, 2.05) is 39.0 Å². The molecule has 0 bridgehead atoms. The van der Waals surface area contributed by atoms with Crippen molar-refractivity contribution in [2.24, 2.45) is 0 Å². The molecule has 5 nitrogen and oxygen atoms in total. The molecular formula is C20H17ClN4O. The quantitative estimate of drug-likeness (QED) is 0.537. The number of aryl methyl sites for hydroxylation is 3. The van der Waals surface area contributed by atoms with Crippen LogP contribution in [-0.4, -0.2) is 19.6 Å². The second kappa shape index (κ2) is 6.11. The molecule has 4 aromatic rings. The second-order valence-electron chi connectivity index (χ2n) is 6.39. The summed E-state index contributed by atoms with van der Waals surface area (Å²) in [4.78, 5) is 13.2. The highest BCUT2D eigenvalue weighted by molar-refractivity contribution is 6.30. The van der Waals surface area contributed by atoms with Crippen molar-refractivity contribution in [1.29, 1.82) is 0 Å². The molecule has 0 aliphatic rings. The SMILES string of the molecule is Cc1ccc(-n2ncc3c(C)nn(-c4cccc(Cl)c4)c(=O)c32)c(C)c1. The zero-order valence-corrected chi connectivity index (χ0v) is 15.4. The van der Waals surface area contributed by atoms with Crippen LogP contribution in [0.25, 0.3) is 22.3 Å². The van der Waals surface area contributed by atoms with Crippen LogP contribution < -0.4 is 5.56 Å². The minimum absolute atomic E-state index is 0.231. The van der Waals surface area contributed by atoms with Gasteiger partial charge in [-0.25, -0.2) is 4.68 Å². The molecule has 0 fully saturated rings. The number of hydrogen-bond donors (Lipinski definition) is 0. The Balaban J connectivity index is 2.05. The van der Waals surface area contributed by atoms with Crippen molar-refractivity contribution < 1.29 is 0 Å². The Labute approximate surface area is 155 Å². The maximum atomic E-state index is 13.2. The topological polar surface area (TPSA) is 52.7 Å². The fraction of sp³-hybridized carbons (Fsp3) is 0.150. The van der Waals surface area contributed by atoms with E-state index in [4.69, 9.17) is 11.6 Å². The molecule has 2 aromatic carbocycles. The van der Waals surface area contributed by atoms with E-state index in [0.717, 1.165) is 27.9 Å². The number of nitrogens with zero attached hydrogens (tertiary/aromatic N) is 4. The van der Waals surface area contributed by atoms with Gasteiger partial charge in [-0.15, -0.1) is 0 Å². The molecule has 0 unspecified atom stereocenters. The molecule has 26 heavy (non-hydrogen) atoms. The lowest BCUT2D eigenvalue weighted by Gasteiger charge is -2.10. The maximum Gasteiger partial charge on any atom is 0.298 e. The molecule has 0 saturated heterocycles. The Kier molecular flexibility index (Phi) is 3.89. The summed E-state index contributed by atoms with van der Waals surface area (Å²) in [6, 6.07) is 13.2. The van der Waals surface area contributed by atoms with Gasteiger partial charge in [0.05, 0.1) is 23.3 Å². The molecule has 6 heteroatoms. The third-order valence-electron chi connectivity index (χ3n) is 4.44. The van der Waals surface area contributed by atoms with E-state index < -0.39 is 0 Å². The predicted molar refractivity (Wildman–Crippen MR) is 104 cm³/mol. The van der Waals surface area contributed by atoms with Crippen LogP contribution in [0.1, 0.15) is 16.8 Å². The summed E-state index contributed by atoms with van der Waals surface area (Å²) in [5.74, 6) is 0. The summed E-state index contributed by atoms with van der Waals surface area (Å²) in [5.41, 5.74) is 4.73. The van der Waals surface area contributed by atoms with Gasteiger partial charge in [-0.3, -0.25) is 4.79 Å². The highest BCUT2D eigenvalue weighted by Crippen LogP contribution is 2.22. The maximum absolute atomic E-state index is 13.2. The Bertz CT molecular complexity index is 1210. The minimum atomic E-state index is -0.231. The number of halogens is 1. The first kappa shape index (κ1) is 16.5. The molecule has 0 aliphatic carbocycles. The number of fused-ring (bicyclic) bond motifs is 1. The third-order valence-corrected chi connectivity index (χ3v) is 4.67. The Morgan fingerprint density at radius 1 is 1.00 bits per heavy atom. The molecule has 4 rings (SSSR count). The Morgan fingerprint density at radius 2 is 1.81 bits per heavy atom. The lowest BCUT2D eigenvalue weighted by Crippen LogP contribution is -2.24. The number of aromatic nitrogens is 4. The van der Waals surface area contributed by atoms with Gasteiger partial charge in [0.1, 0.15) is 5.52 Å². The fourth-order valence-electron chi connectivity index (χ4n) is 3.18. The second-order valence-corrected chi connectivity index (χ2v) is 6.83. The normalized spacial score (nSPS) is 11.2. The van der Waals surface area contributed by atoms with Crippen LogP contribution in [0.4, 0.5) is 0 Å². The summed E-state index contributed by atoms with van der Waals surface area (Å²) in [6.07, 6.45) is 1.70. The summed E-state index contributed by atoms with van der Waals surface area (Å²) in [7, 11) is 0. The molecule has 0 aliphatic heterocycles. The molecule has 2 heterocycles. The van der Waals surface area contributed by atoms with E-state index in [0.29, 0.717) is 16.2 Å². The van der Waals surface area contributed by atoms with Gasteiger partial charge >= 0.3 is 0 Å². The van der Waals surface area contributed by atoms with Crippen molar-refractivity contribution in [1.82, 2.24) is 19.6 Å². The lowest BCUT2D eigenvalue weighted by molar-refractivity contribution is 0.790. The minimum Gasteiger partial charge on any atom is -0.265 e. The highest BCUT2D eigenvalue weighted by atomic mass is 35.5. The smallest absolute Gasteiger partial charge is 0.265 e. The molecule has 0 spiro atoms. The van der Waals surface area contributed by atoms with Gasteiger partial charge in [-0.2, -0.15) is 14.9 Å². The number of rotatable bonds is 2. The monoisotopic (exact) mass is 364 g/mol. The van der Waals surface area contributed by atoms with E-state index in [2.05, 4.69) is 16.3 Å². The first-order valence-corrected chi connectivity index (χ1v) is 8.65. The van der Waals surface area contributed by atoms with Gasteiger partial charge < -0.3 is 0 Å². The van der Waals surface area contributed by atoms with Gasteiger partial charge in [0.15, 0.2) is 0 Å². The van der Waals surface area contributed by atoms with Crippen molar-refractivity contribution in [2.75, 3.05) is 0 Å². The van der Waals surface area contributed by atoms with Crippen molar-refractivity contribution >= 4 is 22.5 Å². The van der Waals surface area contributed by atoms with Gasteiger partial charge in [-0.05, 0) is 50.6 Å². The van der Waals surface area contributed by atoms with Crippen molar-refractivity contribution in [2.45, 2.75) is 20.8 Å². The number of hydrogen-bond acceptors (Lipinski definition) is 3. The third kappa shape index (κ3) is 2.61. The van der Waals surface area contributed by atoms with Gasteiger partial charge in [0.25, 0.3) is 5.56 Å². The van der Waals surface area contributed by atoms with Crippen molar-refractivity contribution in [3.8, 4) is 11.4 Å². The largest absolute Gasteiger partial charge is 0.298 e. The first-order chi connectivity index (χ1) is 12.5. The zero-order valence-electron chi connectivity index (χ0n) is 14.7. The van der Waals surface area contributed by atoms with Crippen LogP contribution >= 0.6 is 11.6 Å². The zero-order chi connectivity index (χ0) is 18.4. The lowest BCUT2D eigenvalue weighted by atomic mass is 10.1. The van der Waals surface area contributed by atoms with Gasteiger partial charge in [0, 0.05) is 10.4 Å². The van der Waals surface area contributed by atoms with E-state index in [-0.39, 0.29) is 5.56 Å². The average Bonchev–Trinajstić information content (AvgIpc) is 3.04. The predicted octanol–water partition coefficient (Wildman–Crippen LogP) is 4.15. The van der Waals surface area contributed by atoms with Crippen LogP contribution in [0.2, 0.25) is 5.02 Å². The van der Waals surface area contributed by atoms with Gasteiger partial charge in [0.2, 0.25) is 0 Å². The summed E-state index contributed by atoms with van der Waals surface area (Å²) < 4.78 is 3.08. The van der Waals surface area contributed by atoms with Crippen LogP contribution in [-0.2, 0) is 0 Å². The molecule has 2 aromatic heterocycles. The van der Waals surface area contributed by atoms with Crippen LogP contribution in [0, 0.1) is 20.8 Å². The van der Waals surface area contributed by atoms with E-state index >= 15 is 0 Å². The standard InChI is InChI=1S/C20H17ClN4O/c1-12-7-8-18(13(2)9-12)25-19-17(11-22-25)14(3)23-24(20(19)26)16-6-4-5-15(21)10-16/h4-11H,1-3H3. The first-order valence-electron chi connectivity index (χ1n) is 8.27. The van der Waals surface area contributed by atoms with Crippen molar-refractivity contribution in [3.63, 3.8) is 0 Å². The Morgan fingerprint density at radius 3 is 2.54 bits per heavy atom. The molecule has 0 radical (unpaired) electrons. The summed E-state index contributed by atoms with van der Waals surface area (Å²) in [5, 5.41) is 10.2. The molecular weight excluding hydrogens is 348 g/mol. The van der Waals surface area contributed by atoms with Crippen molar-refractivity contribution in [3.05, 3.63) is 80.9 Å². The molecule has 0 N–H and O–H groups in total.